The summed E-state index contributed by atoms with van der Waals surface area (Å²) in [5.74, 6) is 5.00. The summed E-state index contributed by atoms with van der Waals surface area (Å²) in [7, 11) is 0. The Hall–Kier alpha value is -1.91. The van der Waals surface area contributed by atoms with Crippen LogP contribution in [0.4, 0.5) is 5.69 Å². The fourth-order valence-electron chi connectivity index (χ4n) is 1.00. The molecule has 0 aliphatic rings. The molecule has 12 heavy (non-hydrogen) atoms. The van der Waals surface area contributed by atoms with Crippen molar-refractivity contribution in [2.75, 3.05) is 0 Å². The van der Waals surface area contributed by atoms with E-state index in [1.54, 1.807) is 18.2 Å². The molecule has 2 rings (SSSR count). The number of hydrogen-bond donors (Lipinski definition) is 2. The van der Waals surface area contributed by atoms with Gasteiger partial charge in [0.05, 0.1) is 15.9 Å². The highest BCUT2D eigenvalue weighted by Gasteiger charge is 2.09. The minimum Gasteiger partial charge on any atom is -0.335 e. The molecule has 0 atom stereocenters. The van der Waals surface area contributed by atoms with Crippen LogP contribution in [-0.2, 0) is 0 Å². The van der Waals surface area contributed by atoms with Crippen LogP contribution in [0.2, 0.25) is 0 Å². The van der Waals surface area contributed by atoms with Crippen molar-refractivity contribution in [1.82, 2.24) is 9.97 Å². The Bertz CT molecular complexity index is 434. The number of nitrogens with two attached hydrogens (primary N) is 1. The molecular formula is C7H6N4O+. The van der Waals surface area contributed by atoms with Gasteiger partial charge in [-0.25, -0.2) is 4.98 Å². The predicted octanol–water partition coefficient (Wildman–Crippen LogP) is 0.647. The van der Waals surface area contributed by atoms with Gasteiger partial charge in [0.2, 0.25) is 0 Å². The number of nitrogens with one attached hydrogen (secondary N) is 1. The number of benzene rings is 1. The first-order valence-corrected chi connectivity index (χ1v) is 3.35. The van der Waals surface area contributed by atoms with E-state index in [1.165, 1.54) is 0 Å². The zero-order chi connectivity index (χ0) is 8.55. The van der Waals surface area contributed by atoms with Crippen molar-refractivity contribution in [2.45, 2.75) is 0 Å². The van der Waals surface area contributed by atoms with Gasteiger partial charge in [-0.2, -0.15) is 5.84 Å². The smallest absolute Gasteiger partial charge is 0.293 e. The van der Waals surface area contributed by atoms with E-state index in [0.717, 1.165) is 5.52 Å². The third-order valence-corrected chi connectivity index (χ3v) is 1.60. The van der Waals surface area contributed by atoms with Crippen LogP contribution in [0.25, 0.3) is 11.0 Å². The third-order valence-electron chi connectivity index (χ3n) is 1.60. The minimum absolute atomic E-state index is 0.300. The van der Waals surface area contributed by atoms with Gasteiger partial charge >= 0.3 is 0 Å². The molecule has 0 fully saturated rings. The van der Waals surface area contributed by atoms with Crippen molar-refractivity contribution in [3.8, 4) is 0 Å². The van der Waals surface area contributed by atoms with Gasteiger partial charge in [-0.05, 0) is 6.07 Å². The number of nitroso groups, excluding NO2 is 1. The molecule has 1 aromatic heterocycles. The number of hydrazine groups is 1. The van der Waals surface area contributed by atoms with Crippen LogP contribution in [0.1, 0.15) is 0 Å². The number of aromatic amines is 1. The van der Waals surface area contributed by atoms with Gasteiger partial charge in [-0.1, -0.05) is 0 Å². The van der Waals surface area contributed by atoms with Crippen molar-refractivity contribution >= 4 is 16.7 Å². The van der Waals surface area contributed by atoms with E-state index in [2.05, 4.69) is 16.3 Å². The lowest BCUT2D eigenvalue weighted by molar-refractivity contribution is -0.474. The molecule has 5 heteroatoms. The molecule has 0 amide bonds. The lowest BCUT2D eigenvalue weighted by Crippen LogP contribution is -2.08. The lowest BCUT2D eigenvalue weighted by atomic mass is 10.3. The highest BCUT2D eigenvalue weighted by atomic mass is 16.3. The van der Waals surface area contributed by atoms with Gasteiger partial charge < -0.3 is 4.98 Å². The second-order valence-corrected chi connectivity index (χ2v) is 2.38. The molecule has 0 spiro atoms. The molecule has 0 saturated heterocycles. The van der Waals surface area contributed by atoms with Crippen LogP contribution >= 0.6 is 0 Å². The van der Waals surface area contributed by atoms with Crippen molar-refractivity contribution in [2.24, 2.45) is 5.84 Å². The topological polar surface area (TPSA) is 74.8 Å². The molecule has 5 nitrogen and oxygen atoms in total. The Morgan fingerprint density at radius 1 is 1.58 bits per heavy atom. The molecule has 3 N–H and O–H groups in total. The van der Waals surface area contributed by atoms with Gasteiger partial charge in [0, 0.05) is 12.1 Å². The average Bonchev–Trinajstić information content (AvgIpc) is 2.49. The summed E-state index contributed by atoms with van der Waals surface area (Å²) in [5.41, 5.74) is 1.89. The third kappa shape index (κ3) is 0.914. The van der Waals surface area contributed by atoms with Crippen molar-refractivity contribution < 1.29 is 4.87 Å². The standard InChI is InChI=1S/C7H6N4O/c8-11(12)5-1-2-6-7(3-5)10-4-9-6/h1-3H,(H2,8,12)(H,9,10)/q+1. The molecule has 0 aliphatic heterocycles. The van der Waals surface area contributed by atoms with Crippen LogP contribution in [0.15, 0.2) is 18.2 Å². The van der Waals surface area contributed by atoms with Gasteiger partial charge in [0.25, 0.3) is 5.69 Å². The molecule has 0 aliphatic carbocycles. The maximum absolute atomic E-state index is 10.7. The van der Waals surface area contributed by atoms with E-state index in [9.17, 15) is 4.91 Å². The number of rotatable bonds is 1. The number of aromatic nitrogens is 2. The highest BCUT2D eigenvalue weighted by molar-refractivity contribution is 5.76. The Morgan fingerprint density at radius 3 is 3.17 bits per heavy atom. The largest absolute Gasteiger partial charge is 0.335 e. The van der Waals surface area contributed by atoms with E-state index < -0.39 is 0 Å². The fraction of sp³-hybridized carbons (Fsp3) is 0. The predicted molar refractivity (Wildman–Crippen MR) is 42.4 cm³/mol. The number of imidazole rings is 1. The number of H-pyrrole nitrogens is 1. The van der Waals surface area contributed by atoms with Gasteiger partial charge in [0.15, 0.2) is 11.2 Å². The minimum atomic E-state index is 0.300. The molecular weight excluding hydrogens is 156 g/mol. The summed E-state index contributed by atoms with van der Waals surface area (Å²) < 4.78 is 0. The lowest BCUT2D eigenvalue weighted by Gasteiger charge is -1.86. The van der Waals surface area contributed by atoms with Crippen LogP contribution in [-0.4, -0.2) is 14.8 Å². The normalized spacial score (nSPS) is 10.3. The van der Waals surface area contributed by atoms with E-state index in [0.29, 0.717) is 16.1 Å². The molecule has 1 radical (unpaired) electrons. The monoisotopic (exact) mass is 162 g/mol. The first kappa shape index (κ1) is 6.78. The van der Waals surface area contributed by atoms with Crippen molar-refractivity contribution in [3.63, 3.8) is 0 Å². The SMILES string of the molecule is N[N+](=O)c1ccc2[nH][c]nc2c1. The Balaban J connectivity index is 2.68. The fourth-order valence-corrected chi connectivity index (χ4v) is 1.00. The Kier molecular flexibility index (Phi) is 1.30. The van der Waals surface area contributed by atoms with Gasteiger partial charge in [-0.3, -0.25) is 0 Å². The maximum Gasteiger partial charge on any atom is 0.293 e. The van der Waals surface area contributed by atoms with Crippen LogP contribution in [0.3, 0.4) is 0 Å². The number of fused-ring (bicyclic) bond motifs is 1. The molecule has 2 aromatic rings. The highest BCUT2D eigenvalue weighted by Crippen LogP contribution is 2.15. The van der Waals surface area contributed by atoms with Crippen LogP contribution in [0, 0.1) is 11.2 Å². The summed E-state index contributed by atoms with van der Waals surface area (Å²) in [6, 6.07) is 4.93. The van der Waals surface area contributed by atoms with Crippen LogP contribution < -0.4 is 5.84 Å². The first-order chi connectivity index (χ1) is 5.77. The summed E-state index contributed by atoms with van der Waals surface area (Å²) in [6.07, 6.45) is 2.57. The zero-order valence-electron chi connectivity index (χ0n) is 6.11. The molecule has 1 heterocycles. The average molecular weight is 162 g/mol. The molecule has 1 aromatic carbocycles. The molecule has 0 bridgehead atoms. The quantitative estimate of drug-likeness (QED) is 0.367. The van der Waals surface area contributed by atoms with Crippen molar-refractivity contribution in [3.05, 3.63) is 29.4 Å². The maximum atomic E-state index is 10.7. The molecule has 0 saturated carbocycles. The second-order valence-electron chi connectivity index (χ2n) is 2.38. The number of nitrogens with zero attached hydrogens (tertiary/aromatic N) is 2. The summed E-state index contributed by atoms with van der Waals surface area (Å²) in [5, 5.41) is 0. The summed E-state index contributed by atoms with van der Waals surface area (Å²) in [6.45, 7) is 0. The van der Waals surface area contributed by atoms with Crippen LogP contribution in [0.5, 0.6) is 0 Å². The van der Waals surface area contributed by atoms with E-state index in [1.807, 2.05) is 0 Å². The summed E-state index contributed by atoms with van der Waals surface area (Å²) in [4.78, 5) is 17.6. The van der Waals surface area contributed by atoms with Crippen molar-refractivity contribution in [1.29, 1.82) is 0 Å². The van der Waals surface area contributed by atoms with E-state index >= 15 is 0 Å². The number of hydrogen-bond acceptors (Lipinski definition) is 2. The Labute approximate surface area is 67.8 Å². The Morgan fingerprint density at radius 2 is 2.42 bits per heavy atom. The van der Waals surface area contributed by atoms with E-state index in [4.69, 9.17) is 5.84 Å². The zero-order valence-corrected chi connectivity index (χ0v) is 6.11. The summed E-state index contributed by atoms with van der Waals surface area (Å²) >= 11 is 0. The van der Waals surface area contributed by atoms with Gasteiger partial charge in [-0.15, -0.1) is 0 Å². The first-order valence-electron chi connectivity index (χ1n) is 3.35. The molecule has 0 unspecified atom stereocenters. The molecule has 59 valence electrons. The second kappa shape index (κ2) is 2.30. The van der Waals surface area contributed by atoms with E-state index in [-0.39, 0.29) is 0 Å². The van der Waals surface area contributed by atoms with Gasteiger partial charge in [0.1, 0.15) is 0 Å².